The summed E-state index contributed by atoms with van der Waals surface area (Å²) in [5, 5.41) is 5.33. The van der Waals surface area contributed by atoms with E-state index in [1.54, 1.807) is 28.6 Å². The van der Waals surface area contributed by atoms with Gasteiger partial charge in [-0.05, 0) is 48.1 Å². The summed E-state index contributed by atoms with van der Waals surface area (Å²) in [4.78, 5) is 24.1. The van der Waals surface area contributed by atoms with E-state index in [9.17, 15) is 18.0 Å². The van der Waals surface area contributed by atoms with Crippen molar-refractivity contribution in [1.82, 2.24) is 9.62 Å². The van der Waals surface area contributed by atoms with E-state index in [1.165, 1.54) is 12.1 Å². The lowest BCUT2D eigenvalue weighted by Crippen LogP contribution is -2.42. The number of amides is 3. The zero-order valence-electron chi connectivity index (χ0n) is 18.3. The van der Waals surface area contributed by atoms with Gasteiger partial charge >= 0.3 is 6.03 Å². The number of piperidine rings is 1. The number of primary amides is 1. The number of carbonyl (C=O) groups excluding carboxylic acids is 2. The van der Waals surface area contributed by atoms with Crippen molar-refractivity contribution in [2.45, 2.75) is 37.6 Å². The second-order valence-corrected chi connectivity index (χ2v) is 10.5. The highest BCUT2D eigenvalue weighted by atomic mass is 32.2. The average Bonchev–Trinajstić information content (AvgIpc) is 2.73. The first kappa shape index (κ1) is 23.7. The van der Waals surface area contributed by atoms with E-state index in [-0.39, 0.29) is 17.2 Å². The number of nitrogens with one attached hydrogen (secondary N) is 2. The van der Waals surface area contributed by atoms with Crippen LogP contribution in [0.15, 0.2) is 59.5 Å². The van der Waals surface area contributed by atoms with Crippen LogP contribution in [0.25, 0.3) is 0 Å². The van der Waals surface area contributed by atoms with Gasteiger partial charge in [-0.3, -0.25) is 4.79 Å². The topological polar surface area (TPSA) is 122 Å². The van der Waals surface area contributed by atoms with E-state index in [2.05, 4.69) is 24.5 Å². The lowest BCUT2D eigenvalue weighted by atomic mass is 9.94. The van der Waals surface area contributed by atoms with Crippen molar-refractivity contribution < 1.29 is 18.0 Å². The van der Waals surface area contributed by atoms with E-state index in [0.29, 0.717) is 30.6 Å². The van der Waals surface area contributed by atoms with Crippen molar-refractivity contribution in [3.8, 4) is 0 Å². The number of sulfonamides is 1. The third-order valence-electron chi connectivity index (χ3n) is 5.52. The van der Waals surface area contributed by atoms with Crippen LogP contribution in [0.2, 0.25) is 0 Å². The molecule has 1 saturated heterocycles. The van der Waals surface area contributed by atoms with Crippen molar-refractivity contribution in [2.24, 2.45) is 17.6 Å². The zero-order chi connectivity index (χ0) is 23.3. The van der Waals surface area contributed by atoms with Gasteiger partial charge in [-0.2, -0.15) is 4.31 Å². The van der Waals surface area contributed by atoms with Crippen molar-refractivity contribution in [3.05, 3.63) is 60.2 Å². The molecule has 2 aromatic rings. The van der Waals surface area contributed by atoms with Crippen molar-refractivity contribution in [1.29, 1.82) is 0 Å². The molecule has 3 rings (SSSR count). The van der Waals surface area contributed by atoms with Gasteiger partial charge in [-0.25, -0.2) is 13.2 Å². The predicted molar refractivity (Wildman–Crippen MR) is 123 cm³/mol. The summed E-state index contributed by atoms with van der Waals surface area (Å²) in [6.07, 6.45) is 1.00. The molecule has 1 aliphatic heterocycles. The molecular formula is C23H30N4O4S. The first-order valence-corrected chi connectivity index (χ1v) is 12.1. The fraction of sp³-hybridized carbons (Fsp3) is 0.391. The van der Waals surface area contributed by atoms with E-state index >= 15 is 0 Å². The predicted octanol–water partition coefficient (Wildman–Crippen LogP) is 3.09. The number of nitrogens with two attached hydrogens (primary N) is 1. The van der Waals surface area contributed by atoms with Crippen molar-refractivity contribution in [3.63, 3.8) is 0 Å². The Hall–Kier alpha value is -2.91. The number of hydrogen-bond acceptors (Lipinski definition) is 4. The molecule has 1 heterocycles. The van der Waals surface area contributed by atoms with Crippen molar-refractivity contribution in [2.75, 3.05) is 18.4 Å². The number of benzene rings is 2. The Bertz CT molecular complexity index is 1030. The van der Waals surface area contributed by atoms with Crippen LogP contribution < -0.4 is 16.4 Å². The highest BCUT2D eigenvalue weighted by Gasteiger charge is 2.31. The van der Waals surface area contributed by atoms with Crippen LogP contribution >= 0.6 is 0 Å². The molecule has 2 aromatic carbocycles. The zero-order valence-corrected chi connectivity index (χ0v) is 19.1. The quantitative estimate of drug-likeness (QED) is 0.590. The Balaban J connectivity index is 1.67. The number of carbonyl (C=O) groups is 2. The molecule has 0 radical (unpaired) electrons. The molecule has 172 valence electrons. The minimum atomic E-state index is -3.58. The fourth-order valence-corrected chi connectivity index (χ4v) is 5.85. The van der Waals surface area contributed by atoms with Crippen LogP contribution in [0.5, 0.6) is 0 Å². The van der Waals surface area contributed by atoms with E-state index < -0.39 is 22.1 Å². The maximum Gasteiger partial charge on any atom is 0.312 e. The lowest BCUT2D eigenvalue weighted by molar-refractivity contribution is -0.116. The summed E-state index contributed by atoms with van der Waals surface area (Å²) in [7, 11) is -3.58. The van der Waals surface area contributed by atoms with Gasteiger partial charge in [0.25, 0.3) is 0 Å². The molecule has 4 N–H and O–H groups in total. The fourth-order valence-electron chi connectivity index (χ4n) is 4.17. The molecule has 0 aromatic heterocycles. The Morgan fingerprint density at radius 1 is 1.03 bits per heavy atom. The highest BCUT2D eigenvalue weighted by molar-refractivity contribution is 7.89. The lowest BCUT2D eigenvalue weighted by Gasteiger charge is -2.34. The Labute approximate surface area is 189 Å². The highest BCUT2D eigenvalue weighted by Crippen LogP contribution is 2.27. The van der Waals surface area contributed by atoms with Gasteiger partial charge in [0.05, 0.1) is 17.4 Å². The van der Waals surface area contributed by atoms with E-state index in [1.807, 2.05) is 18.2 Å². The van der Waals surface area contributed by atoms with Gasteiger partial charge in [0.15, 0.2) is 0 Å². The number of urea groups is 1. The second-order valence-electron chi connectivity index (χ2n) is 8.52. The smallest absolute Gasteiger partial charge is 0.312 e. The summed E-state index contributed by atoms with van der Waals surface area (Å²) in [5.74, 6) is 0.305. The number of anilines is 1. The van der Waals surface area contributed by atoms with Gasteiger partial charge in [-0.15, -0.1) is 0 Å². The minimum Gasteiger partial charge on any atom is -0.352 e. The first-order chi connectivity index (χ1) is 15.1. The maximum atomic E-state index is 13.0. The van der Waals surface area contributed by atoms with Crippen LogP contribution in [-0.4, -0.2) is 37.8 Å². The Kier molecular flexibility index (Phi) is 7.52. The number of nitrogens with zero attached hydrogens (tertiary/aromatic N) is 1. The molecule has 9 heteroatoms. The van der Waals surface area contributed by atoms with E-state index in [4.69, 9.17) is 5.73 Å². The molecule has 0 aliphatic carbocycles. The third-order valence-corrected chi connectivity index (χ3v) is 7.37. The standard InChI is InChI=1S/C23H30N4O4S/c1-16-12-17(2)15-27(14-16)32(30,31)20-10-8-19(9-11-20)25-22(28)13-21(26-23(24)29)18-6-4-3-5-7-18/h3-11,16-17,21H,12-15H2,1-2H3,(H,25,28)(H3,24,26,29)/t16-,17+,21-/m0/s1. The minimum absolute atomic E-state index is 0.0173. The van der Waals surface area contributed by atoms with Gasteiger partial charge in [0.1, 0.15) is 0 Å². The molecule has 8 nitrogen and oxygen atoms in total. The van der Waals surface area contributed by atoms with Crippen LogP contribution in [-0.2, 0) is 14.8 Å². The third kappa shape index (κ3) is 6.08. The normalized spacial score (nSPS) is 20.3. The first-order valence-electron chi connectivity index (χ1n) is 10.7. The molecule has 3 amide bonds. The van der Waals surface area contributed by atoms with Gasteiger partial charge in [0.2, 0.25) is 15.9 Å². The molecule has 0 bridgehead atoms. The Morgan fingerprint density at radius 3 is 2.19 bits per heavy atom. The van der Waals surface area contributed by atoms with Crippen LogP contribution in [0.3, 0.4) is 0 Å². The molecule has 0 saturated carbocycles. The van der Waals surface area contributed by atoms with Crippen LogP contribution in [0.1, 0.15) is 38.3 Å². The largest absolute Gasteiger partial charge is 0.352 e. The number of rotatable bonds is 7. The molecule has 1 fully saturated rings. The molecule has 0 unspecified atom stereocenters. The van der Waals surface area contributed by atoms with Crippen LogP contribution in [0, 0.1) is 11.8 Å². The summed E-state index contributed by atoms with van der Waals surface area (Å²) in [6, 6.07) is 13.9. The average molecular weight is 459 g/mol. The monoisotopic (exact) mass is 458 g/mol. The summed E-state index contributed by atoms with van der Waals surface area (Å²) in [6.45, 7) is 5.15. The summed E-state index contributed by atoms with van der Waals surface area (Å²) < 4.78 is 27.5. The molecule has 0 spiro atoms. The van der Waals surface area contributed by atoms with Crippen LogP contribution in [0.4, 0.5) is 10.5 Å². The molecule has 3 atom stereocenters. The van der Waals surface area contributed by atoms with E-state index in [0.717, 1.165) is 12.0 Å². The second kappa shape index (κ2) is 10.1. The molecule has 32 heavy (non-hydrogen) atoms. The molecule has 1 aliphatic rings. The number of hydrogen-bond donors (Lipinski definition) is 3. The molecular weight excluding hydrogens is 428 g/mol. The summed E-state index contributed by atoms with van der Waals surface area (Å²) >= 11 is 0. The van der Waals surface area contributed by atoms with Gasteiger partial charge < -0.3 is 16.4 Å². The maximum absolute atomic E-state index is 13.0. The SMILES string of the molecule is C[C@@H]1C[C@H](C)CN(S(=O)(=O)c2ccc(NC(=O)C[C@H](NC(N)=O)c3ccccc3)cc2)C1. The van der Waals surface area contributed by atoms with Crippen molar-refractivity contribution >= 4 is 27.6 Å². The van der Waals surface area contributed by atoms with Gasteiger partial charge in [-0.1, -0.05) is 44.2 Å². The van der Waals surface area contributed by atoms with Gasteiger partial charge in [0, 0.05) is 18.8 Å². The summed E-state index contributed by atoms with van der Waals surface area (Å²) in [5.41, 5.74) is 6.48. The Morgan fingerprint density at radius 2 is 1.62 bits per heavy atom.